The average Bonchev–Trinajstić information content (AvgIpc) is 3.30. The number of allylic oxidation sites excluding steroid dienone is 5. The first-order valence-corrected chi connectivity index (χ1v) is 13.1. The van der Waals surface area contributed by atoms with Crippen LogP contribution in [0.1, 0.15) is 48.1 Å². The van der Waals surface area contributed by atoms with Gasteiger partial charge in [0, 0.05) is 0 Å². The number of halogens is 2. The van der Waals surface area contributed by atoms with Gasteiger partial charge in [0.1, 0.15) is 0 Å². The minimum absolute atomic E-state index is 0. The van der Waals surface area contributed by atoms with E-state index in [1.54, 1.807) is 20.0 Å². The van der Waals surface area contributed by atoms with Crippen molar-refractivity contribution in [3.63, 3.8) is 0 Å². The fourth-order valence-electron chi connectivity index (χ4n) is 5.04. The van der Waals surface area contributed by atoms with Gasteiger partial charge in [-0.25, -0.2) is 0 Å². The molecule has 2 unspecified atom stereocenters. The quantitative estimate of drug-likeness (QED) is 0.518. The molecule has 0 fully saturated rings. The number of benzene rings is 2. The number of hydrogen-bond acceptors (Lipinski definition) is 0. The van der Waals surface area contributed by atoms with E-state index in [2.05, 4.69) is 99.9 Å². The Balaban J connectivity index is 0.00000136. The van der Waals surface area contributed by atoms with Crippen LogP contribution in [0, 0.1) is 12.8 Å². The van der Waals surface area contributed by atoms with Crippen LogP contribution in [-0.4, -0.2) is 4.57 Å². The van der Waals surface area contributed by atoms with Crippen LogP contribution in [0.15, 0.2) is 74.6 Å². The molecular weight excluding hydrogens is 468 g/mol. The molecule has 0 saturated carbocycles. The van der Waals surface area contributed by atoms with Crippen LogP contribution < -0.4 is 9.41 Å². The van der Waals surface area contributed by atoms with Crippen molar-refractivity contribution in [2.75, 3.05) is 0 Å². The van der Waals surface area contributed by atoms with Crippen LogP contribution in [0.3, 0.4) is 0 Å². The van der Waals surface area contributed by atoms with Gasteiger partial charge in [0.05, 0.1) is 0 Å². The SMILES string of the molecule is CC1=C(C)C(C)[C]([Zr+2][CH]2C(n3c(C)cc4ccccc43)=Cc3ccccc32)=C1C.[F-].[F-]. The molecule has 4 heteroatoms. The third-order valence-corrected chi connectivity index (χ3v) is 12.0. The maximum absolute atomic E-state index is 2.53. The third kappa shape index (κ3) is 3.63. The second-order valence-electron chi connectivity index (χ2n) is 8.52. The zero-order valence-corrected chi connectivity index (χ0v) is 21.1. The molecule has 2 aliphatic rings. The first-order chi connectivity index (χ1) is 14.0. The molecule has 1 heterocycles. The van der Waals surface area contributed by atoms with E-state index in [4.69, 9.17) is 0 Å². The molecule has 1 nitrogen and oxygen atoms in total. The normalized spacial score (nSPS) is 19.7. The number of fused-ring (bicyclic) bond motifs is 2. The van der Waals surface area contributed by atoms with Crippen LogP contribution in [0.4, 0.5) is 0 Å². The van der Waals surface area contributed by atoms with Crippen molar-refractivity contribution in [2.45, 2.75) is 38.2 Å². The van der Waals surface area contributed by atoms with Crippen LogP contribution in [-0.2, 0) is 23.2 Å². The Morgan fingerprint density at radius 1 is 0.839 bits per heavy atom. The van der Waals surface area contributed by atoms with E-state index in [1.807, 2.05) is 0 Å². The Morgan fingerprint density at radius 2 is 1.52 bits per heavy atom. The second kappa shape index (κ2) is 8.83. The predicted octanol–water partition coefficient (Wildman–Crippen LogP) is 1.35. The first-order valence-electron chi connectivity index (χ1n) is 10.5. The largest absolute Gasteiger partial charge is 1.00 e. The van der Waals surface area contributed by atoms with Crippen LogP contribution in [0.25, 0.3) is 22.7 Å². The van der Waals surface area contributed by atoms with E-state index in [1.165, 1.54) is 33.4 Å². The van der Waals surface area contributed by atoms with Gasteiger partial charge in [-0.3, -0.25) is 0 Å². The molecule has 3 aromatic rings. The van der Waals surface area contributed by atoms with E-state index in [0.29, 0.717) is 9.54 Å². The van der Waals surface area contributed by atoms with E-state index < -0.39 is 23.2 Å². The Hall–Kier alpha value is -2.06. The average molecular weight is 495 g/mol. The summed E-state index contributed by atoms with van der Waals surface area (Å²) in [5.74, 6) is 0.623. The smallest absolute Gasteiger partial charge is 1.00 e. The summed E-state index contributed by atoms with van der Waals surface area (Å²) >= 11 is -0.865. The maximum atomic E-state index is 2.53. The summed E-state index contributed by atoms with van der Waals surface area (Å²) in [5, 5.41) is 1.34. The topological polar surface area (TPSA) is 4.93 Å². The predicted molar refractivity (Wildman–Crippen MR) is 120 cm³/mol. The van der Waals surface area contributed by atoms with E-state index >= 15 is 0 Å². The molecule has 0 bridgehead atoms. The van der Waals surface area contributed by atoms with Gasteiger partial charge in [-0.1, -0.05) is 0 Å². The van der Waals surface area contributed by atoms with Gasteiger partial charge in [0.15, 0.2) is 0 Å². The van der Waals surface area contributed by atoms with Crippen molar-refractivity contribution in [2.24, 2.45) is 5.92 Å². The molecule has 5 rings (SSSR count). The molecule has 2 aromatic carbocycles. The van der Waals surface area contributed by atoms with Gasteiger partial charge < -0.3 is 9.41 Å². The minimum atomic E-state index is -0.865. The van der Waals surface area contributed by atoms with E-state index in [0.717, 1.165) is 0 Å². The number of hydrogen-bond donors (Lipinski definition) is 0. The van der Waals surface area contributed by atoms with Crippen molar-refractivity contribution < 1.29 is 32.6 Å². The van der Waals surface area contributed by atoms with Crippen molar-refractivity contribution in [1.29, 1.82) is 0 Å². The number of rotatable bonds is 3. The number of aryl methyl sites for hydroxylation is 1. The summed E-state index contributed by atoms with van der Waals surface area (Å²) < 4.78 is 4.88. The zero-order chi connectivity index (χ0) is 20.3. The fraction of sp³-hybridized carbons (Fsp3) is 0.259. The summed E-state index contributed by atoms with van der Waals surface area (Å²) in [7, 11) is 0. The molecule has 0 saturated heterocycles. The fourth-order valence-corrected chi connectivity index (χ4v) is 9.86. The molecule has 0 radical (unpaired) electrons. The molecular formula is C27H27F2NZr. The van der Waals surface area contributed by atoms with Gasteiger partial charge in [-0.2, -0.15) is 0 Å². The molecule has 2 aliphatic carbocycles. The van der Waals surface area contributed by atoms with E-state index in [9.17, 15) is 0 Å². The van der Waals surface area contributed by atoms with Crippen molar-refractivity contribution >= 4 is 22.7 Å². The second-order valence-corrected chi connectivity index (χ2v) is 12.0. The molecule has 158 valence electrons. The van der Waals surface area contributed by atoms with Gasteiger partial charge in [0.2, 0.25) is 0 Å². The molecule has 0 spiro atoms. The Morgan fingerprint density at radius 3 is 2.23 bits per heavy atom. The standard InChI is InChI=1S/C18H14N.C9H13.2FH.Zr/c1-13-10-16-8-4-5-9-18(16)19(13)17-11-14-6-2-3-7-15(14)12-17;1-6-5-7(2)9(4)8(6)3;;;/h2-12H,1H3;6H,1-4H3;2*1H;/q;;;;+2/p-2. The van der Waals surface area contributed by atoms with E-state index in [-0.39, 0.29) is 9.41 Å². The van der Waals surface area contributed by atoms with Crippen LogP contribution in [0.5, 0.6) is 0 Å². The summed E-state index contributed by atoms with van der Waals surface area (Å²) in [4.78, 5) is 0. The number of nitrogens with zero attached hydrogens (tertiary/aromatic N) is 1. The monoisotopic (exact) mass is 493 g/mol. The van der Waals surface area contributed by atoms with Gasteiger partial charge in [0.25, 0.3) is 0 Å². The van der Waals surface area contributed by atoms with Crippen LogP contribution >= 0.6 is 0 Å². The van der Waals surface area contributed by atoms with Crippen molar-refractivity contribution in [1.82, 2.24) is 4.57 Å². The number of aromatic nitrogens is 1. The van der Waals surface area contributed by atoms with Crippen molar-refractivity contribution in [3.05, 3.63) is 91.4 Å². The van der Waals surface area contributed by atoms with Gasteiger partial charge >= 0.3 is 186 Å². The van der Waals surface area contributed by atoms with Crippen LogP contribution in [0.2, 0.25) is 0 Å². The summed E-state index contributed by atoms with van der Waals surface area (Å²) in [5.41, 5.74) is 11.8. The minimum Gasteiger partial charge on any atom is -1.00 e. The maximum Gasteiger partial charge on any atom is -1.00 e. The Bertz CT molecular complexity index is 1250. The molecule has 31 heavy (non-hydrogen) atoms. The molecule has 0 aliphatic heterocycles. The first kappa shape index (κ1) is 23.6. The molecule has 0 N–H and O–H groups in total. The van der Waals surface area contributed by atoms with Gasteiger partial charge in [-0.05, 0) is 0 Å². The molecule has 0 amide bonds. The third-order valence-electron chi connectivity index (χ3n) is 7.00. The summed E-state index contributed by atoms with van der Waals surface area (Å²) in [6.45, 7) is 11.7. The zero-order valence-electron chi connectivity index (χ0n) is 18.6. The number of para-hydroxylation sites is 1. The van der Waals surface area contributed by atoms with Crippen molar-refractivity contribution in [3.8, 4) is 0 Å². The summed E-state index contributed by atoms with van der Waals surface area (Å²) in [6, 6.07) is 20.2. The molecule has 2 atom stereocenters. The summed E-state index contributed by atoms with van der Waals surface area (Å²) in [6.07, 6.45) is 2.46. The Labute approximate surface area is 194 Å². The molecule has 1 aromatic heterocycles. The van der Waals surface area contributed by atoms with Gasteiger partial charge in [-0.15, -0.1) is 0 Å². The Kier molecular flexibility index (Phi) is 6.72.